The largest absolute Gasteiger partial charge is 0.254 e. The first-order chi connectivity index (χ1) is 8.88. The van der Waals surface area contributed by atoms with Crippen LogP contribution in [0.1, 0.15) is 25.7 Å². The van der Waals surface area contributed by atoms with Gasteiger partial charge < -0.3 is 0 Å². The van der Waals surface area contributed by atoms with Gasteiger partial charge in [0.05, 0.1) is 16.0 Å². The predicted molar refractivity (Wildman–Crippen MR) is 73.7 cm³/mol. The van der Waals surface area contributed by atoms with Crippen LogP contribution >= 0.6 is 0 Å². The maximum atomic E-state index is 12.8. The first kappa shape index (κ1) is 14.7. The van der Waals surface area contributed by atoms with Crippen molar-refractivity contribution in [3.8, 4) is 0 Å². The number of rotatable bonds is 3. The zero-order chi connectivity index (χ0) is 14.0. The molecule has 6 heteroatoms. The van der Waals surface area contributed by atoms with Gasteiger partial charge in [-0.2, -0.15) is 0 Å². The lowest BCUT2D eigenvalue weighted by Crippen LogP contribution is -2.32. The van der Waals surface area contributed by atoms with E-state index < -0.39 is 25.9 Å². The van der Waals surface area contributed by atoms with Gasteiger partial charge in [-0.15, -0.1) is 0 Å². The smallest absolute Gasteiger partial charge is 0.150 e. The predicted octanol–water partition coefficient (Wildman–Crippen LogP) is 2.29. The molecule has 0 amide bonds. The minimum absolute atomic E-state index is 0.154. The molecule has 1 aromatic carbocycles. The lowest BCUT2D eigenvalue weighted by atomic mass is 10.00. The second-order valence-corrected chi connectivity index (χ2v) is 9.05. The highest BCUT2D eigenvalue weighted by molar-refractivity contribution is 7.91. The molecule has 3 nitrogen and oxygen atoms in total. The molecule has 0 aromatic heterocycles. The summed E-state index contributed by atoms with van der Waals surface area (Å²) in [7, 11) is -4.34. The molecule has 0 heterocycles. The van der Waals surface area contributed by atoms with Gasteiger partial charge in [0.15, 0.2) is 0 Å². The first-order valence-electron chi connectivity index (χ1n) is 6.23. The third-order valence-electron chi connectivity index (χ3n) is 3.53. The summed E-state index contributed by atoms with van der Waals surface area (Å²) in [4.78, 5) is 0.570. The van der Waals surface area contributed by atoms with E-state index in [9.17, 15) is 17.0 Å². The zero-order valence-corrected chi connectivity index (χ0v) is 12.3. The van der Waals surface area contributed by atoms with E-state index in [1.807, 2.05) is 0 Å². The number of halogens is 1. The van der Waals surface area contributed by atoms with E-state index in [2.05, 4.69) is 0 Å². The van der Waals surface area contributed by atoms with Crippen molar-refractivity contribution in [3.63, 3.8) is 0 Å². The molecule has 3 atom stereocenters. The molecule has 0 radical (unpaired) electrons. The monoisotopic (exact) mass is 304 g/mol. The fraction of sp³-hybridized carbons (Fsp3) is 0.538. The molecule has 0 spiro atoms. The summed E-state index contributed by atoms with van der Waals surface area (Å²) >= 11 is 0. The summed E-state index contributed by atoms with van der Waals surface area (Å²) < 4.78 is 48.4. The molecule has 0 bridgehead atoms. The molecular formula is C13H17FO3S2. The number of sulfone groups is 1. The molecule has 19 heavy (non-hydrogen) atoms. The zero-order valence-electron chi connectivity index (χ0n) is 10.7. The SMILES string of the molecule is CS(=O)(=O)C1CCCC(S(=O)c2ccc(F)cc2)C1. The van der Waals surface area contributed by atoms with Crippen molar-refractivity contribution in [1.82, 2.24) is 0 Å². The van der Waals surface area contributed by atoms with Gasteiger partial charge in [0.25, 0.3) is 0 Å². The van der Waals surface area contributed by atoms with E-state index in [1.54, 1.807) is 0 Å². The summed E-state index contributed by atoms with van der Waals surface area (Å²) in [5, 5.41) is -0.547. The molecule has 1 saturated carbocycles. The van der Waals surface area contributed by atoms with Crippen molar-refractivity contribution < 1.29 is 17.0 Å². The minimum atomic E-state index is -3.08. The van der Waals surface area contributed by atoms with Gasteiger partial charge in [-0.05, 0) is 43.5 Å². The second kappa shape index (κ2) is 5.71. The Morgan fingerprint density at radius 1 is 1.21 bits per heavy atom. The molecule has 1 aliphatic carbocycles. The topological polar surface area (TPSA) is 51.2 Å². The van der Waals surface area contributed by atoms with Crippen LogP contribution < -0.4 is 0 Å². The van der Waals surface area contributed by atoms with Crippen LogP contribution in [0.15, 0.2) is 29.2 Å². The Bertz CT molecular complexity index is 566. The molecule has 3 unspecified atom stereocenters. The highest BCUT2D eigenvalue weighted by Gasteiger charge is 2.32. The van der Waals surface area contributed by atoms with E-state index >= 15 is 0 Å². The van der Waals surface area contributed by atoms with Crippen molar-refractivity contribution in [2.24, 2.45) is 0 Å². The molecule has 1 aromatic rings. The summed E-state index contributed by atoms with van der Waals surface area (Å²) in [5.41, 5.74) is 0. The Morgan fingerprint density at radius 3 is 2.42 bits per heavy atom. The lowest BCUT2D eigenvalue weighted by Gasteiger charge is -2.27. The Morgan fingerprint density at radius 2 is 1.84 bits per heavy atom. The van der Waals surface area contributed by atoms with Crippen molar-refractivity contribution in [3.05, 3.63) is 30.1 Å². The average molecular weight is 304 g/mol. The Kier molecular flexibility index (Phi) is 4.40. The van der Waals surface area contributed by atoms with Crippen LogP contribution in [-0.4, -0.2) is 29.4 Å². The fourth-order valence-corrected chi connectivity index (χ4v) is 5.32. The van der Waals surface area contributed by atoms with Crippen LogP contribution in [0.5, 0.6) is 0 Å². The normalized spacial score (nSPS) is 26.0. The highest BCUT2D eigenvalue weighted by atomic mass is 32.2. The number of hydrogen-bond donors (Lipinski definition) is 0. The van der Waals surface area contributed by atoms with E-state index in [-0.39, 0.29) is 11.1 Å². The quantitative estimate of drug-likeness (QED) is 0.861. The van der Waals surface area contributed by atoms with Gasteiger partial charge in [-0.25, -0.2) is 12.8 Å². The molecule has 106 valence electrons. The van der Waals surface area contributed by atoms with Crippen LogP contribution in [-0.2, 0) is 20.6 Å². The highest BCUT2D eigenvalue weighted by Crippen LogP contribution is 2.29. The maximum Gasteiger partial charge on any atom is 0.150 e. The third-order valence-corrected chi connectivity index (χ3v) is 6.94. The average Bonchev–Trinajstić information content (AvgIpc) is 2.38. The molecule has 1 fully saturated rings. The Balaban J connectivity index is 2.13. The van der Waals surface area contributed by atoms with Crippen LogP contribution in [0.3, 0.4) is 0 Å². The summed E-state index contributed by atoms with van der Waals surface area (Å²) in [6.07, 6.45) is 3.85. The van der Waals surface area contributed by atoms with Gasteiger partial charge in [-0.3, -0.25) is 4.21 Å². The van der Waals surface area contributed by atoms with Crippen LogP contribution in [0.4, 0.5) is 4.39 Å². The number of benzene rings is 1. The van der Waals surface area contributed by atoms with E-state index in [4.69, 9.17) is 0 Å². The molecule has 1 aliphatic rings. The molecule has 0 aliphatic heterocycles. The lowest BCUT2D eigenvalue weighted by molar-refractivity contribution is 0.487. The van der Waals surface area contributed by atoms with Gasteiger partial charge in [-0.1, -0.05) is 6.42 Å². The van der Waals surface area contributed by atoms with E-state index in [1.165, 1.54) is 30.5 Å². The van der Waals surface area contributed by atoms with Crippen LogP contribution in [0, 0.1) is 5.82 Å². The molecule has 0 N–H and O–H groups in total. The fourth-order valence-electron chi connectivity index (χ4n) is 2.45. The molecular weight excluding hydrogens is 287 g/mol. The molecule has 2 rings (SSSR count). The van der Waals surface area contributed by atoms with Crippen LogP contribution in [0.2, 0.25) is 0 Å². The van der Waals surface area contributed by atoms with Crippen LogP contribution in [0.25, 0.3) is 0 Å². The van der Waals surface area contributed by atoms with Crippen molar-refractivity contribution in [1.29, 1.82) is 0 Å². The van der Waals surface area contributed by atoms with Gasteiger partial charge in [0, 0.05) is 16.4 Å². The third kappa shape index (κ3) is 3.63. The van der Waals surface area contributed by atoms with Crippen molar-refractivity contribution in [2.75, 3.05) is 6.26 Å². The van der Waals surface area contributed by atoms with Gasteiger partial charge >= 0.3 is 0 Å². The van der Waals surface area contributed by atoms with E-state index in [0.717, 1.165) is 12.8 Å². The minimum Gasteiger partial charge on any atom is -0.254 e. The van der Waals surface area contributed by atoms with E-state index in [0.29, 0.717) is 17.7 Å². The number of hydrogen-bond acceptors (Lipinski definition) is 3. The Hall–Kier alpha value is -0.750. The van der Waals surface area contributed by atoms with Crippen molar-refractivity contribution in [2.45, 2.75) is 41.1 Å². The van der Waals surface area contributed by atoms with Crippen molar-refractivity contribution >= 4 is 20.6 Å². The summed E-state index contributed by atoms with van der Waals surface area (Å²) in [6.45, 7) is 0. The maximum absolute atomic E-state index is 12.8. The van der Waals surface area contributed by atoms with Gasteiger partial charge in [0.2, 0.25) is 0 Å². The standard InChI is InChI=1S/C13H17FO3S2/c1-19(16,17)13-4-2-3-12(9-13)18(15)11-7-5-10(14)6-8-11/h5-8,12-13H,2-4,9H2,1H3. The van der Waals surface area contributed by atoms with Gasteiger partial charge in [0.1, 0.15) is 15.7 Å². The molecule has 0 saturated heterocycles. The second-order valence-electron chi connectivity index (χ2n) is 4.99. The summed E-state index contributed by atoms with van der Waals surface area (Å²) in [6, 6.07) is 5.58. The summed E-state index contributed by atoms with van der Waals surface area (Å²) in [5.74, 6) is -0.363. The first-order valence-corrected chi connectivity index (χ1v) is 9.39. The Labute approximate surface area is 115 Å².